The lowest BCUT2D eigenvalue weighted by molar-refractivity contribution is -0.385. The van der Waals surface area contributed by atoms with E-state index in [1.807, 2.05) is 44.2 Å². The number of rotatable bonds is 15. The molecule has 2 amide bonds. The molecule has 4 aromatic carbocycles. The predicted molar refractivity (Wildman–Crippen MR) is 197 cm³/mol. The standard InChI is InChI=1S/C36H38BrClN4O7S/c1-24(2)21-39-36(44)33(18-26-8-6-5-7-9-26)40(22-27-11-13-28(37)14-12-27)35(43)23-41(32-19-29(38)15-17-34(32)49-4)50(47,48)30-16-10-25(3)31(20-30)42(45)46/h5-17,19-20,24,33H,18,21-23H2,1-4H3,(H,39,44). The Balaban J connectivity index is 1.88. The number of nitro groups is 1. The second-order valence-corrected chi connectivity index (χ2v) is 15.2. The number of methoxy groups -OCH3 is 1. The first kappa shape index (κ1) is 38.3. The zero-order valence-electron chi connectivity index (χ0n) is 28.0. The third kappa shape index (κ3) is 9.61. The summed E-state index contributed by atoms with van der Waals surface area (Å²) in [6.07, 6.45) is 0.143. The van der Waals surface area contributed by atoms with Gasteiger partial charge in [-0.2, -0.15) is 0 Å². The Labute approximate surface area is 305 Å². The molecule has 50 heavy (non-hydrogen) atoms. The largest absolute Gasteiger partial charge is 0.495 e. The summed E-state index contributed by atoms with van der Waals surface area (Å²) in [5.41, 5.74) is 1.27. The van der Waals surface area contributed by atoms with Crippen molar-refractivity contribution in [2.24, 2.45) is 5.92 Å². The van der Waals surface area contributed by atoms with Crippen molar-refractivity contribution in [3.63, 3.8) is 0 Å². The third-order valence-corrected chi connectivity index (χ3v) is 10.4. The van der Waals surface area contributed by atoms with Crippen LogP contribution in [0.4, 0.5) is 11.4 Å². The number of nitrogens with one attached hydrogen (secondary N) is 1. The van der Waals surface area contributed by atoms with Gasteiger partial charge in [-0.1, -0.05) is 89.9 Å². The highest BCUT2D eigenvalue weighted by atomic mass is 79.9. The Morgan fingerprint density at radius 2 is 1.66 bits per heavy atom. The molecule has 11 nitrogen and oxygen atoms in total. The van der Waals surface area contributed by atoms with E-state index in [4.69, 9.17) is 16.3 Å². The summed E-state index contributed by atoms with van der Waals surface area (Å²) in [5, 5.41) is 14.9. The molecule has 0 fully saturated rings. The van der Waals surface area contributed by atoms with Gasteiger partial charge in [0.25, 0.3) is 15.7 Å². The number of benzene rings is 4. The van der Waals surface area contributed by atoms with E-state index >= 15 is 0 Å². The number of anilines is 1. The van der Waals surface area contributed by atoms with Crippen LogP contribution in [0.2, 0.25) is 5.02 Å². The highest BCUT2D eigenvalue weighted by Gasteiger charge is 2.36. The van der Waals surface area contributed by atoms with Gasteiger partial charge in [0.2, 0.25) is 11.8 Å². The number of carbonyl (C=O) groups is 2. The lowest BCUT2D eigenvalue weighted by atomic mass is 10.0. The molecule has 0 aliphatic carbocycles. The lowest BCUT2D eigenvalue weighted by Crippen LogP contribution is -2.53. The summed E-state index contributed by atoms with van der Waals surface area (Å²) >= 11 is 9.77. The van der Waals surface area contributed by atoms with Gasteiger partial charge in [-0.15, -0.1) is 0 Å². The van der Waals surface area contributed by atoms with E-state index in [9.17, 15) is 28.1 Å². The third-order valence-electron chi connectivity index (χ3n) is 7.88. The summed E-state index contributed by atoms with van der Waals surface area (Å²) in [4.78, 5) is 40.7. The SMILES string of the molecule is COc1ccc(Cl)cc1N(CC(=O)N(Cc1ccc(Br)cc1)C(Cc1ccccc1)C(=O)NCC(C)C)S(=O)(=O)c1ccc(C)c([N+](=O)[O-])c1. The van der Waals surface area contributed by atoms with Gasteiger partial charge in [0, 0.05) is 40.6 Å². The molecule has 0 aromatic heterocycles. The molecule has 1 atom stereocenters. The minimum absolute atomic E-state index is 0.0325. The molecule has 0 saturated carbocycles. The van der Waals surface area contributed by atoms with Crippen LogP contribution in [0, 0.1) is 23.0 Å². The Bertz CT molecular complexity index is 1940. The van der Waals surface area contributed by atoms with E-state index in [1.165, 1.54) is 49.3 Å². The molecule has 0 aliphatic heterocycles. The zero-order chi connectivity index (χ0) is 36.6. The van der Waals surface area contributed by atoms with Crippen molar-refractivity contribution < 1.29 is 27.7 Å². The van der Waals surface area contributed by atoms with Crippen LogP contribution in [0.25, 0.3) is 0 Å². The van der Waals surface area contributed by atoms with E-state index in [-0.39, 0.29) is 40.9 Å². The van der Waals surface area contributed by atoms with Crippen molar-refractivity contribution in [1.82, 2.24) is 10.2 Å². The maximum atomic E-state index is 14.7. The van der Waals surface area contributed by atoms with Crippen LogP contribution in [-0.4, -0.2) is 56.3 Å². The average molecular weight is 786 g/mol. The van der Waals surface area contributed by atoms with Crippen LogP contribution in [-0.2, 0) is 32.6 Å². The first-order valence-electron chi connectivity index (χ1n) is 15.7. The van der Waals surface area contributed by atoms with Gasteiger partial charge in [0.05, 0.1) is 22.6 Å². The molecule has 0 bridgehead atoms. The smallest absolute Gasteiger partial charge is 0.273 e. The Morgan fingerprint density at radius 3 is 2.28 bits per heavy atom. The number of aryl methyl sites for hydroxylation is 1. The van der Waals surface area contributed by atoms with Gasteiger partial charge in [0.15, 0.2) is 0 Å². The van der Waals surface area contributed by atoms with Crippen molar-refractivity contribution in [1.29, 1.82) is 0 Å². The summed E-state index contributed by atoms with van der Waals surface area (Å²) in [6.45, 7) is 4.93. The van der Waals surface area contributed by atoms with E-state index in [0.717, 1.165) is 20.4 Å². The fourth-order valence-corrected chi connectivity index (χ4v) is 7.08. The number of halogens is 2. The van der Waals surface area contributed by atoms with Crippen LogP contribution < -0.4 is 14.4 Å². The number of nitro benzene ring substituents is 1. The van der Waals surface area contributed by atoms with E-state index in [2.05, 4.69) is 21.2 Å². The zero-order valence-corrected chi connectivity index (χ0v) is 31.2. The van der Waals surface area contributed by atoms with E-state index in [0.29, 0.717) is 12.1 Å². The summed E-state index contributed by atoms with van der Waals surface area (Å²) in [7, 11) is -3.34. The first-order chi connectivity index (χ1) is 23.7. The fraction of sp³-hybridized carbons (Fsp3) is 0.278. The maximum absolute atomic E-state index is 14.7. The minimum Gasteiger partial charge on any atom is -0.495 e. The van der Waals surface area contributed by atoms with Crippen LogP contribution in [0.15, 0.2) is 100 Å². The van der Waals surface area contributed by atoms with Gasteiger partial charge < -0.3 is 15.0 Å². The second-order valence-electron chi connectivity index (χ2n) is 12.0. The monoisotopic (exact) mass is 784 g/mol. The number of nitrogens with zero attached hydrogens (tertiary/aromatic N) is 3. The van der Waals surface area contributed by atoms with E-state index < -0.39 is 49.9 Å². The number of amides is 2. The number of sulfonamides is 1. The van der Waals surface area contributed by atoms with Crippen molar-refractivity contribution >= 4 is 60.7 Å². The van der Waals surface area contributed by atoms with Crippen LogP contribution >= 0.6 is 27.5 Å². The molecule has 0 radical (unpaired) electrons. The van der Waals surface area contributed by atoms with Crippen LogP contribution in [0.5, 0.6) is 5.75 Å². The second kappa shape index (κ2) is 17.0. The van der Waals surface area contributed by atoms with Crippen LogP contribution in [0.1, 0.15) is 30.5 Å². The average Bonchev–Trinajstić information content (AvgIpc) is 3.08. The van der Waals surface area contributed by atoms with Gasteiger partial charge in [-0.3, -0.25) is 24.0 Å². The highest BCUT2D eigenvalue weighted by Crippen LogP contribution is 2.36. The molecule has 1 N–H and O–H groups in total. The van der Waals surface area contributed by atoms with Crippen molar-refractivity contribution in [2.45, 2.75) is 44.7 Å². The summed E-state index contributed by atoms with van der Waals surface area (Å²) < 4.78 is 36.1. The minimum atomic E-state index is -4.67. The molecule has 264 valence electrons. The first-order valence-corrected chi connectivity index (χ1v) is 18.3. The van der Waals surface area contributed by atoms with Gasteiger partial charge >= 0.3 is 0 Å². The molecule has 4 aromatic rings. The topological polar surface area (TPSA) is 139 Å². The lowest BCUT2D eigenvalue weighted by Gasteiger charge is -2.34. The molecular formula is C36H38BrClN4O7S. The number of hydrogen-bond donors (Lipinski definition) is 1. The number of hydrogen-bond acceptors (Lipinski definition) is 7. The Morgan fingerprint density at radius 1 is 0.980 bits per heavy atom. The number of carbonyl (C=O) groups excluding carboxylic acids is 2. The molecule has 0 spiro atoms. The van der Waals surface area contributed by atoms with E-state index in [1.54, 1.807) is 24.3 Å². The van der Waals surface area contributed by atoms with Crippen LogP contribution in [0.3, 0.4) is 0 Å². The fourth-order valence-electron chi connectivity index (χ4n) is 5.21. The summed E-state index contributed by atoms with van der Waals surface area (Å²) in [6, 6.07) is 23.2. The molecular weight excluding hydrogens is 748 g/mol. The molecule has 0 saturated heterocycles. The van der Waals surface area contributed by atoms with Gasteiger partial charge in [-0.25, -0.2) is 8.42 Å². The quantitative estimate of drug-likeness (QED) is 0.102. The molecule has 14 heteroatoms. The number of ether oxygens (including phenoxy) is 1. The molecule has 0 heterocycles. The Kier molecular flexibility index (Phi) is 13.0. The van der Waals surface area contributed by atoms with Crippen molar-refractivity contribution in [3.05, 3.63) is 127 Å². The van der Waals surface area contributed by atoms with Crippen molar-refractivity contribution in [2.75, 3.05) is 24.5 Å². The van der Waals surface area contributed by atoms with Gasteiger partial charge in [0.1, 0.15) is 18.3 Å². The van der Waals surface area contributed by atoms with Crippen molar-refractivity contribution in [3.8, 4) is 5.75 Å². The predicted octanol–water partition coefficient (Wildman–Crippen LogP) is 6.94. The maximum Gasteiger partial charge on any atom is 0.273 e. The Hall–Kier alpha value is -4.46. The normalized spacial score (nSPS) is 11.9. The van der Waals surface area contributed by atoms with Gasteiger partial charge in [-0.05, 0) is 60.4 Å². The summed E-state index contributed by atoms with van der Waals surface area (Å²) in [5.74, 6) is -0.901. The molecule has 1 unspecified atom stereocenters. The molecule has 0 aliphatic rings. The highest BCUT2D eigenvalue weighted by molar-refractivity contribution is 9.10. The molecule has 4 rings (SSSR count).